The van der Waals surface area contributed by atoms with Crippen LogP contribution >= 0.6 is 16.7 Å². The van der Waals surface area contributed by atoms with E-state index in [4.69, 9.17) is 13.8 Å². The summed E-state index contributed by atoms with van der Waals surface area (Å²) in [4.78, 5) is 0. The average Bonchev–Trinajstić information content (AvgIpc) is 2.09. The summed E-state index contributed by atoms with van der Waals surface area (Å²) in [6, 6.07) is 0. The number of rotatable bonds is 9. The zero-order chi connectivity index (χ0) is 12.6. The fourth-order valence-corrected chi connectivity index (χ4v) is 3.07. The maximum Gasteiger partial charge on any atom is 0.356 e. The highest BCUT2D eigenvalue weighted by atomic mass is 31.2. The van der Waals surface area contributed by atoms with Crippen molar-refractivity contribution in [1.82, 2.24) is 0 Å². The molecule has 0 radical (unpaired) electrons. The predicted molar refractivity (Wildman–Crippen MR) is 72.5 cm³/mol. The van der Waals surface area contributed by atoms with Crippen molar-refractivity contribution in [2.45, 2.75) is 46.2 Å². The van der Waals surface area contributed by atoms with Crippen LogP contribution < -0.4 is 0 Å². The Bertz CT molecular complexity index is 210. The van der Waals surface area contributed by atoms with Crippen LogP contribution in [-0.2, 0) is 18.3 Å². The molecule has 0 aromatic rings. The summed E-state index contributed by atoms with van der Waals surface area (Å²) in [6.45, 7) is 8.88. The molecule has 0 rings (SSSR count). The molecule has 1 atom stereocenters. The van der Waals surface area contributed by atoms with Crippen LogP contribution in [-0.4, -0.2) is 32.2 Å². The summed E-state index contributed by atoms with van der Waals surface area (Å²) >= 11 is 0. The Morgan fingerprint density at radius 3 is 2.06 bits per heavy atom. The van der Waals surface area contributed by atoms with E-state index in [9.17, 15) is 4.57 Å². The molecule has 0 spiro atoms. The molecular weight excluding hydrogens is 245 g/mol. The van der Waals surface area contributed by atoms with Crippen LogP contribution in [0.2, 0.25) is 6.32 Å². The Balaban J connectivity index is 4.14. The van der Waals surface area contributed by atoms with Crippen molar-refractivity contribution >= 4 is 23.7 Å². The second-order valence-electron chi connectivity index (χ2n) is 4.10. The van der Waals surface area contributed by atoms with Crippen LogP contribution in [0.5, 0.6) is 0 Å². The maximum absolute atomic E-state index is 12.2. The predicted octanol–water partition coefficient (Wildman–Crippen LogP) is 2.65. The SMILES string of the molecule is CC(C)OP(=O)(COCCBP)OC(C)C. The molecule has 0 amide bonds. The normalized spacial score (nSPS) is 12.4. The highest BCUT2D eigenvalue weighted by molar-refractivity contribution is 7.55. The summed E-state index contributed by atoms with van der Waals surface area (Å²) in [5, 5.41) is 0. The molecule has 0 aliphatic rings. The molecule has 0 heterocycles. The third kappa shape index (κ3) is 8.72. The molecule has 1 unspecified atom stereocenters. The minimum absolute atomic E-state index is 0.0357. The first-order valence-electron chi connectivity index (χ1n) is 5.63. The van der Waals surface area contributed by atoms with Gasteiger partial charge < -0.3 is 13.8 Å². The van der Waals surface area contributed by atoms with Crippen LogP contribution in [0.15, 0.2) is 0 Å². The van der Waals surface area contributed by atoms with Gasteiger partial charge in [0.1, 0.15) is 13.3 Å². The summed E-state index contributed by atoms with van der Waals surface area (Å²) in [5.74, 6) is 0. The van der Waals surface area contributed by atoms with Gasteiger partial charge in [-0.25, -0.2) is 0 Å². The van der Waals surface area contributed by atoms with E-state index in [1.807, 2.05) is 27.7 Å². The van der Waals surface area contributed by atoms with Gasteiger partial charge in [0, 0.05) is 6.61 Å². The van der Waals surface area contributed by atoms with E-state index in [2.05, 4.69) is 9.12 Å². The van der Waals surface area contributed by atoms with Gasteiger partial charge in [-0.15, -0.1) is 0 Å². The lowest BCUT2D eigenvalue weighted by Gasteiger charge is -2.22. The van der Waals surface area contributed by atoms with Gasteiger partial charge in [0.25, 0.3) is 0 Å². The Morgan fingerprint density at radius 2 is 1.69 bits per heavy atom. The second kappa shape index (κ2) is 8.66. The quantitative estimate of drug-likeness (QED) is 0.366. The molecular formula is C9H23BO4P2. The fourth-order valence-electron chi connectivity index (χ4n) is 1.09. The Labute approximate surface area is 102 Å². The van der Waals surface area contributed by atoms with Crippen LogP contribution in [0.3, 0.4) is 0 Å². The van der Waals surface area contributed by atoms with Crippen molar-refractivity contribution in [3.05, 3.63) is 0 Å². The standard InChI is InChI=1S/C9H23BO4P2/c1-8(2)13-16(11,14-9(3)4)7-12-6-5-10-15/h8-10H,5-7,15H2,1-4H3. The third-order valence-electron chi connectivity index (χ3n) is 1.49. The summed E-state index contributed by atoms with van der Waals surface area (Å²) in [6.07, 6.45) is 0.701. The summed E-state index contributed by atoms with van der Waals surface area (Å²) < 4.78 is 28.2. The first kappa shape index (κ1) is 16.6. The molecule has 0 fully saturated rings. The highest BCUT2D eigenvalue weighted by Crippen LogP contribution is 2.50. The maximum atomic E-state index is 12.2. The lowest BCUT2D eigenvalue weighted by atomic mass is 10.0. The molecule has 0 saturated heterocycles. The van der Waals surface area contributed by atoms with Gasteiger partial charge in [-0.3, -0.25) is 4.57 Å². The molecule has 0 saturated carbocycles. The minimum atomic E-state index is -3.10. The Hall–Kier alpha value is 0.605. The summed E-state index contributed by atoms with van der Waals surface area (Å²) in [7, 11) is -0.478. The minimum Gasteiger partial charge on any atom is -0.370 e. The number of ether oxygens (including phenoxy) is 1. The molecule has 0 N–H and O–H groups in total. The largest absolute Gasteiger partial charge is 0.370 e. The van der Waals surface area contributed by atoms with E-state index in [-0.39, 0.29) is 18.6 Å². The topological polar surface area (TPSA) is 44.8 Å². The van der Waals surface area contributed by atoms with Crippen molar-refractivity contribution in [2.24, 2.45) is 0 Å². The Morgan fingerprint density at radius 1 is 1.19 bits per heavy atom. The fraction of sp³-hybridized carbons (Fsp3) is 1.00. The van der Waals surface area contributed by atoms with Gasteiger partial charge in [0.05, 0.1) is 12.2 Å². The van der Waals surface area contributed by atoms with Gasteiger partial charge in [-0.2, -0.15) is 9.12 Å². The molecule has 0 aromatic heterocycles. The number of hydrogen-bond acceptors (Lipinski definition) is 4. The van der Waals surface area contributed by atoms with E-state index >= 15 is 0 Å². The average molecular weight is 268 g/mol. The van der Waals surface area contributed by atoms with Crippen molar-refractivity contribution in [3.63, 3.8) is 0 Å². The summed E-state index contributed by atoms with van der Waals surface area (Å²) in [5.41, 5.74) is 0. The van der Waals surface area contributed by atoms with E-state index < -0.39 is 7.60 Å². The second-order valence-corrected chi connectivity index (χ2v) is 6.58. The molecule has 96 valence electrons. The van der Waals surface area contributed by atoms with E-state index in [0.717, 1.165) is 13.3 Å². The molecule has 0 aliphatic heterocycles. The smallest absolute Gasteiger partial charge is 0.356 e. The zero-order valence-corrected chi connectivity index (χ0v) is 12.7. The van der Waals surface area contributed by atoms with Crippen molar-refractivity contribution < 1.29 is 18.3 Å². The molecule has 7 heteroatoms. The van der Waals surface area contributed by atoms with E-state index in [1.54, 1.807) is 0 Å². The van der Waals surface area contributed by atoms with Gasteiger partial charge in [-0.1, -0.05) is 0 Å². The first-order valence-corrected chi connectivity index (χ1v) is 8.17. The van der Waals surface area contributed by atoms with Crippen LogP contribution in [0.1, 0.15) is 27.7 Å². The highest BCUT2D eigenvalue weighted by Gasteiger charge is 2.27. The van der Waals surface area contributed by atoms with Crippen molar-refractivity contribution in [2.75, 3.05) is 13.0 Å². The van der Waals surface area contributed by atoms with E-state index in [1.165, 1.54) is 0 Å². The van der Waals surface area contributed by atoms with Gasteiger partial charge >= 0.3 is 7.60 Å². The van der Waals surface area contributed by atoms with Gasteiger partial charge in [0.15, 0.2) is 0 Å². The van der Waals surface area contributed by atoms with Gasteiger partial charge in [0.2, 0.25) is 0 Å². The van der Waals surface area contributed by atoms with Crippen molar-refractivity contribution in [1.29, 1.82) is 0 Å². The molecule has 16 heavy (non-hydrogen) atoms. The third-order valence-corrected chi connectivity index (χ3v) is 3.88. The zero-order valence-electron chi connectivity index (χ0n) is 10.6. The monoisotopic (exact) mass is 268 g/mol. The van der Waals surface area contributed by atoms with E-state index in [0.29, 0.717) is 6.61 Å². The first-order chi connectivity index (χ1) is 7.39. The van der Waals surface area contributed by atoms with Crippen molar-refractivity contribution in [3.8, 4) is 0 Å². The molecule has 0 aliphatic carbocycles. The van der Waals surface area contributed by atoms with Crippen LogP contribution in [0.4, 0.5) is 0 Å². The molecule has 0 aromatic carbocycles. The molecule has 4 nitrogen and oxygen atoms in total. The Kier molecular flexibility index (Phi) is 8.99. The van der Waals surface area contributed by atoms with Crippen LogP contribution in [0.25, 0.3) is 0 Å². The van der Waals surface area contributed by atoms with Gasteiger partial charge in [-0.05, 0) is 34.0 Å². The lowest BCUT2D eigenvalue weighted by molar-refractivity contribution is 0.103. The van der Waals surface area contributed by atoms with Crippen LogP contribution in [0, 0.1) is 0 Å². The molecule has 0 bridgehead atoms. The lowest BCUT2D eigenvalue weighted by Crippen LogP contribution is -2.12. The number of hydrogen-bond donors (Lipinski definition) is 0.